The first-order valence-corrected chi connectivity index (χ1v) is 8.86. The molecule has 27 heavy (non-hydrogen) atoms. The molecule has 1 heterocycles. The van der Waals surface area contributed by atoms with Crippen molar-refractivity contribution in [2.24, 2.45) is 0 Å². The molecular weight excluding hydrogens is 343 g/mol. The molecule has 3 aromatic rings. The van der Waals surface area contributed by atoms with Crippen LogP contribution in [0.15, 0.2) is 60.8 Å². The lowest BCUT2D eigenvalue weighted by atomic mass is 10.1. The SMILES string of the molecule is CCc1ccc(Nc2nccc(C(=O)NCCc3ccccc3F)n2)cc1. The molecule has 5 nitrogen and oxygen atoms in total. The maximum Gasteiger partial charge on any atom is 0.270 e. The summed E-state index contributed by atoms with van der Waals surface area (Å²) in [7, 11) is 0. The molecule has 0 aliphatic rings. The van der Waals surface area contributed by atoms with E-state index in [1.807, 2.05) is 24.3 Å². The van der Waals surface area contributed by atoms with Crippen molar-refractivity contribution >= 4 is 17.5 Å². The summed E-state index contributed by atoms with van der Waals surface area (Å²) in [4.78, 5) is 20.7. The highest BCUT2D eigenvalue weighted by Gasteiger charge is 2.09. The van der Waals surface area contributed by atoms with E-state index in [1.54, 1.807) is 24.3 Å². The second-order valence-corrected chi connectivity index (χ2v) is 6.04. The van der Waals surface area contributed by atoms with Gasteiger partial charge in [-0.15, -0.1) is 0 Å². The molecule has 0 unspecified atom stereocenters. The van der Waals surface area contributed by atoms with Crippen LogP contribution in [0.4, 0.5) is 16.0 Å². The molecule has 6 heteroatoms. The number of hydrogen-bond donors (Lipinski definition) is 2. The number of nitrogens with one attached hydrogen (secondary N) is 2. The summed E-state index contributed by atoms with van der Waals surface area (Å²) in [6.45, 7) is 2.42. The molecule has 0 fully saturated rings. The molecule has 0 atom stereocenters. The zero-order valence-electron chi connectivity index (χ0n) is 15.1. The third kappa shape index (κ3) is 5.10. The number of carbonyl (C=O) groups excluding carboxylic acids is 1. The van der Waals surface area contributed by atoms with E-state index in [9.17, 15) is 9.18 Å². The van der Waals surface area contributed by atoms with Gasteiger partial charge in [-0.1, -0.05) is 37.3 Å². The predicted octanol–water partition coefficient (Wildman–Crippen LogP) is 3.89. The molecule has 0 spiro atoms. The van der Waals surface area contributed by atoms with Crippen molar-refractivity contribution in [1.29, 1.82) is 0 Å². The molecule has 0 bridgehead atoms. The summed E-state index contributed by atoms with van der Waals surface area (Å²) >= 11 is 0. The van der Waals surface area contributed by atoms with Crippen molar-refractivity contribution in [2.75, 3.05) is 11.9 Å². The summed E-state index contributed by atoms with van der Waals surface area (Å²) in [5, 5.41) is 5.85. The molecule has 0 saturated carbocycles. The molecule has 0 radical (unpaired) electrons. The molecule has 3 rings (SSSR count). The fourth-order valence-electron chi connectivity index (χ4n) is 2.60. The Hall–Kier alpha value is -3.28. The fourth-order valence-corrected chi connectivity index (χ4v) is 2.60. The van der Waals surface area contributed by atoms with Crippen LogP contribution in [0.25, 0.3) is 0 Å². The van der Waals surface area contributed by atoms with Gasteiger partial charge in [-0.2, -0.15) is 0 Å². The lowest BCUT2D eigenvalue weighted by molar-refractivity contribution is 0.0949. The summed E-state index contributed by atoms with van der Waals surface area (Å²) < 4.78 is 13.6. The van der Waals surface area contributed by atoms with Crippen molar-refractivity contribution in [3.05, 3.63) is 83.4 Å². The van der Waals surface area contributed by atoms with E-state index < -0.39 is 0 Å². The molecule has 2 N–H and O–H groups in total. The van der Waals surface area contributed by atoms with Gasteiger partial charge in [-0.05, 0) is 48.2 Å². The highest BCUT2D eigenvalue weighted by Crippen LogP contribution is 2.14. The summed E-state index contributed by atoms with van der Waals surface area (Å²) in [5.74, 6) is -0.242. The highest BCUT2D eigenvalue weighted by atomic mass is 19.1. The van der Waals surface area contributed by atoms with E-state index >= 15 is 0 Å². The van der Waals surface area contributed by atoms with Gasteiger partial charge in [0.05, 0.1) is 0 Å². The van der Waals surface area contributed by atoms with Gasteiger partial charge in [0.15, 0.2) is 0 Å². The number of aromatic nitrogens is 2. The van der Waals surface area contributed by atoms with Crippen LogP contribution in [0.5, 0.6) is 0 Å². The second-order valence-electron chi connectivity index (χ2n) is 6.04. The van der Waals surface area contributed by atoms with Crippen molar-refractivity contribution < 1.29 is 9.18 Å². The minimum Gasteiger partial charge on any atom is -0.350 e. The van der Waals surface area contributed by atoms with E-state index in [4.69, 9.17) is 0 Å². The Morgan fingerprint density at radius 1 is 1.07 bits per heavy atom. The number of nitrogens with zero attached hydrogens (tertiary/aromatic N) is 2. The lowest BCUT2D eigenvalue weighted by Gasteiger charge is -2.08. The van der Waals surface area contributed by atoms with E-state index in [-0.39, 0.29) is 17.4 Å². The van der Waals surface area contributed by atoms with Crippen LogP contribution in [0, 0.1) is 5.82 Å². The standard InChI is InChI=1S/C21H21FN4O/c1-2-15-7-9-17(10-8-15)25-21-24-14-12-19(26-21)20(27)23-13-11-16-5-3-4-6-18(16)22/h3-10,12,14H,2,11,13H2,1H3,(H,23,27)(H,24,25,26). The molecule has 1 aromatic heterocycles. The Morgan fingerprint density at radius 2 is 1.85 bits per heavy atom. The van der Waals surface area contributed by atoms with Crippen LogP contribution in [-0.4, -0.2) is 22.4 Å². The monoisotopic (exact) mass is 364 g/mol. The number of benzene rings is 2. The van der Waals surface area contributed by atoms with Gasteiger partial charge in [0.1, 0.15) is 11.5 Å². The molecule has 1 amide bonds. The molecule has 0 saturated heterocycles. The van der Waals surface area contributed by atoms with Gasteiger partial charge in [-0.25, -0.2) is 14.4 Å². The van der Waals surface area contributed by atoms with E-state index in [1.165, 1.54) is 17.8 Å². The molecule has 0 aliphatic heterocycles. The van der Waals surface area contributed by atoms with Crippen molar-refractivity contribution in [3.63, 3.8) is 0 Å². The molecule has 0 aliphatic carbocycles. The van der Waals surface area contributed by atoms with E-state index in [2.05, 4.69) is 27.5 Å². The fraction of sp³-hybridized carbons (Fsp3) is 0.190. The van der Waals surface area contributed by atoms with Gasteiger partial charge in [0.25, 0.3) is 5.91 Å². The Labute approximate surface area is 157 Å². The zero-order chi connectivity index (χ0) is 19.1. The van der Waals surface area contributed by atoms with Gasteiger partial charge >= 0.3 is 0 Å². The van der Waals surface area contributed by atoms with Crippen LogP contribution in [0.1, 0.15) is 28.5 Å². The lowest BCUT2D eigenvalue weighted by Crippen LogP contribution is -2.27. The van der Waals surface area contributed by atoms with Gasteiger partial charge in [-0.3, -0.25) is 4.79 Å². The van der Waals surface area contributed by atoms with Crippen LogP contribution in [0.3, 0.4) is 0 Å². The third-order valence-electron chi connectivity index (χ3n) is 4.14. The average Bonchev–Trinajstić information content (AvgIpc) is 2.70. The first-order chi connectivity index (χ1) is 13.2. The van der Waals surface area contributed by atoms with Crippen LogP contribution >= 0.6 is 0 Å². The molecular formula is C21H21FN4O. The quantitative estimate of drug-likeness (QED) is 0.667. The summed E-state index contributed by atoms with van der Waals surface area (Å²) in [6.07, 6.45) is 2.92. The van der Waals surface area contributed by atoms with Crippen molar-refractivity contribution in [2.45, 2.75) is 19.8 Å². The number of anilines is 2. The highest BCUT2D eigenvalue weighted by molar-refractivity contribution is 5.92. The Morgan fingerprint density at radius 3 is 2.59 bits per heavy atom. The van der Waals surface area contributed by atoms with Crippen LogP contribution < -0.4 is 10.6 Å². The maximum absolute atomic E-state index is 13.6. The number of amides is 1. The summed E-state index contributed by atoms with van der Waals surface area (Å²) in [6, 6.07) is 16.0. The van der Waals surface area contributed by atoms with Crippen molar-refractivity contribution in [3.8, 4) is 0 Å². The Balaban J connectivity index is 1.58. The molecule has 2 aromatic carbocycles. The van der Waals surface area contributed by atoms with Crippen LogP contribution in [-0.2, 0) is 12.8 Å². The van der Waals surface area contributed by atoms with E-state index in [0.717, 1.165) is 12.1 Å². The zero-order valence-corrected chi connectivity index (χ0v) is 15.1. The Kier molecular flexibility index (Phi) is 6.10. The van der Waals surface area contributed by atoms with Gasteiger partial charge in [0, 0.05) is 18.4 Å². The first-order valence-electron chi connectivity index (χ1n) is 8.86. The topological polar surface area (TPSA) is 66.9 Å². The third-order valence-corrected chi connectivity index (χ3v) is 4.14. The average molecular weight is 364 g/mol. The van der Waals surface area contributed by atoms with E-state index in [0.29, 0.717) is 24.5 Å². The first kappa shape index (κ1) is 18.5. The molecule has 138 valence electrons. The summed E-state index contributed by atoms with van der Waals surface area (Å²) in [5.41, 5.74) is 2.92. The van der Waals surface area contributed by atoms with Gasteiger partial charge < -0.3 is 10.6 Å². The smallest absolute Gasteiger partial charge is 0.270 e. The number of rotatable bonds is 7. The number of carbonyl (C=O) groups is 1. The normalized spacial score (nSPS) is 10.4. The predicted molar refractivity (Wildman–Crippen MR) is 104 cm³/mol. The number of aryl methyl sites for hydroxylation is 1. The number of halogens is 1. The minimum absolute atomic E-state index is 0.256. The van der Waals surface area contributed by atoms with Crippen molar-refractivity contribution in [1.82, 2.24) is 15.3 Å². The van der Waals surface area contributed by atoms with Crippen LogP contribution in [0.2, 0.25) is 0 Å². The largest absolute Gasteiger partial charge is 0.350 e. The minimum atomic E-state index is -0.321. The maximum atomic E-state index is 13.6. The second kappa shape index (κ2) is 8.89. The number of hydrogen-bond acceptors (Lipinski definition) is 4. The van der Waals surface area contributed by atoms with Gasteiger partial charge in [0.2, 0.25) is 5.95 Å². The Bertz CT molecular complexity index is 912.